The van der Waals surface area contributed by atoms with Crippen LogP contribution in [0.25, 0.3) is 5.69 Å². The molecule has 1 amide bonds. The number of amides is 1. The highest BCUT2D eigenvalue weighted by Gasteiger charge is 2.22. The lowest BCUT2D eigenvalue weighted by atomic mass is 9.87. The number of benzene rings is 2. The predicted molar refractivity (Wildman–Crippen MR) is 149 cm³/mol. The van der Waals surface area contributed by atoms with Crippen LogP contribution in [0.15, 0.2) is 36.4 Å². The van der Waals surface area contributed by atoms with Gasteiger partial charge in [0.2, 0.25) is 0 Å². The Bertz CT molecular complexity index is 1170. The SMILES string of the molecule is CC.CCCCCOc1ccc(C(C)(C)C)cc1NC(=O)c1nnn(-c2cc(OC)ccc2OC)c1C. The highest BCUT2D eigenvalue weighted by molar-refractivity contribution is 6.04. The summed E-state index contributed by atoms with van der Waals surface area (Å²) >= 11 is 0. The summed E-state index contributed by atoms with van der Waals surface area (Å²) in [6, 6.07) is 11.3. The van der Waals surface area contributed by atoms with Crippen LogP contribution in [0.4, 0.5) is 5.69 Å². The number of rotatable bonds is 10. The third-order valence-corrected chi connectivity index (χ3v) is 5.82. The molecule has 8 heteroatoms. The van der Waals surface area contributed by atoms with Gasteiger partial charge in [-0.25, -0.2) is 4.68 Å². The molecular formula is C29H42N4O4. The molecule has 0 saturated heterocycles. The molecule has 2 aromatic carbocycles. The molecule has 1 aromatic heterocycles. The van der Waals surface area contributed by atoms with Gasteiger partial charge >= 0.3 is 0 Å². The first-order chi connectivity index (χ1) is 17.7. The number of carbonyl (C=O) groups is 1. The van der Waals surface area contributed by atoms with Crippen LogP contribution in [0.1, 0.15) is 82.6 Å². The van der Waals surface area contributed by atoms with Crippen molar-refractivity contribution in [1.82, 2.24) is 15.0 Å². The molecule has 0 fully saturated rings. The van der Waals surface area contributed by atoms with E-state index in [4.69, 9.17) is 14.2 Å². The highest BCUT2D eigenvalue weighted by atomic mass is 16.5. The first-order valence-electron chi connectivity index (χ1n) is 12.9. The van der Waals surface area contributed by atoms with Gasteiger partial charge < -0.3 is 19.5 Å². The zero-order chi connectivity index (χ0) is 27.6. The number of hydrogen-bond acceptors (Lipinski definition) is 6. The van der Waals surface area contributed by atoms with E-state index in [-0.39, 0.29) is 17.0 Å². The van der Waals surface area contributed by atoms with Crippen molar-refractivity contribution >= 4 is 11.6 Å². The van der Waals surface area contributed by atoms with Crippen molar-refractivity contribution in [3.05, 3.63) is 53.3 Å². The second-order valence-electron chi connectivity index (χ2n) is 9.44. The Morgan fingerprint density at radius 1 is 1.00 bits per heavy atom. The number of anilines is 1. The van der Waals surface area contributed by atoms with E-state index in [1.807, 2.05) is 32.0 Å². The maximum absolute atomic E-state index is 13.3. The summed E-state index contributed by atoms with van der Waals surface area (Å²) in [5.41, 5.74) is 3.05. The molecule has 0 radical (unpaired) electrons. The predicted octanol–water partition coefficient (Wildman–Crippen LogP) is 6.74. The first-order valence-corrected chi connectivity index (χ1v) is 12.9. The molecule has 37 heavy (non-hydrogen) atoms. The van der Waals surface area contributed by atoms with Gasteiger partial charge in [-0.1, -0.05) is 65.7 Å². The number of aromatic nitrogens is 3. The normalized spacial score (nSPS) is 10.8. The molecule has 0 atom stereocenters. The van der Waals surface area contributed by atoms with Gasteiger partial charge in [0.15, 0.2) is 5.69 Å². The second-order valence-corrected chi connectivity index (χ2v) is 9.44. The summed E-state index contributed by atoms with van der Waals surface area (Å²) in [6.07, 6.45) is 3.17. The van der Waals surface area contributed by atoms with E-state index in [9.17, 15) is 4.79 Å². The topological polar surface area (TPSA) is 87.5 Å². The molecule has 0 spiro atoms. The van der Waals surface area contributed by atoms with Crippen LogP contribution in [-0.4, -0.2) is 41.7 Å². The van der Waals surface area contributed by atoms with Crippen LogP contribution < -0.4 is 19.5 Å². The molecule has 3 rings (SSSR count). The van der Waals surface area contributed by atoms with Crippen LogP contribution in [0.3, 0.4) is 0 Å². The smallest absolute Gasteiger partial charge is 0.278 e. The molecule has 0 aliphatic carbocycles. The number of methoxy groups -OCH3 is 2. The van der Waals surface area contributed by atoms with E-state index in [1.165, 1.54) is 0 Å². The van der Waals surface area contributed by atoms with Gasteiger partial charge in [0, 0.05) is 6.07 Å². The summed E-state index contributed by atoms with van der Waals surface area (Å²) in [5, 5.41) is 11.4. The van der Waals surface area contributed by atoms with Gasteiger partial charge in [0.1, 0.15) is 22.9 Å². The molecule has 202 valence electrons. The van der Waals surface area contributed by atoms with Crippen molar-refractivity contribution in [1.29, 1.82) is 0 Å². The van der Waals surface area contributed by atoms with Crippen molar-refractivity contribution < 1.29 is 19.0 Å². The quantitative estimate of drug-likeness (QED) is 0.304. The average Bonchev–Trinajstić information content (AvgIpc) is 3.28. The molecule has 0 aliphatic heterocycles. The standard InChI is InChI=1S/C27H36N4O4.C2H6/c1-8-9-10-15-35-23-13-11-19(27(3,4)5)16-21(23)28-26(32)25-18(2)31(30-29-25)22-17-20(33-6)12-14-24(22)34-7;1-2/h11-14,16-17H,8-10,15H2,1-7H3,(H,28,32);1-2H3. The van der Waals surface area contributed by atoms with E-state index in [2.05, 4.69) is 43.3 Å². The minimum absolute atomic E-state index is 0.0812. The van der Waals surface area contributed by atoms with Gasteiger partial charge in [-0.15, -0.1) is 5.10 Å². The molecule has 1 heterocycles. The minimum atomic E-state index is -0.361. The largest absolute Gasteiger partial charge is 0.497 e. The van der Waals surface area contributed by atoms with Gasteiger partial charge in [-0.05, 0) is 48.6 Å². The van der Waals surface area contributed by atoms with Gasteiger partial charge in [-0.2, -0.15) is 0 Å². The van der Waals surface area contributed by atoms with Crippen LogP contribution in [0.5, 0.6) is 17.2 Å². The van der Waals surface area contributed by atoms with Crippen molar-refractivity contribution in [3.8, 4) is 22.9 Å². The lowest BCUT2D eigenvalue weighted by molar-refractivity contribution is 0.102. The lowest BCUT2D eigenvalue weighted by Crippen LogP contribution is -2.17. The van der Waals surface area contributed by atoms with E-state index < -0.39 is 0 Å². The van der Waals surface area contributed by atoms with Crippen LogP contribution in [0, 0.1) is 6.92 Å². The fourth-order valence-corrected chi connectivity index (χ4v) is 3.67. The minimum Gasteiger partial charge on any atom is -0.497 e. The van der Waals surface area contributed by atoms with Crippen molar-refractivity contribution in [2.45, 2.75) is 73.1 Å². The number of nitrogens with zero attached hydrogens (tertiary/aromatic N) is 3. The van der Waals surface area contributed by atoms with E-state index in [1.54, 1.807) is 44.0 Å². The summed E-state index contributed by atoms with van der Waals surface area (Å²) in [6.45, 7) is 14.9. The summed E-state index contributed by atoms with van der Waals surface area (Å²) in [7, 11) is 3.17. The van der Waals surface area contributed by atoms with E-state index >= 15 is 0 Å². The lowest BCUT2D eigenvalue weighted by Gasteiger charge is -2.21. The molecule has 8 nitrogen and oxygen atoms in total. The maximum atomic E-state index is 13.3. The molecule has 0 bridgehead atoms. The summed E-state index contributed by atoms with van der Waals surface area (Å²) in [4.78, 5) is 13.3. The molecule has 0 saturated carbocycles. The molecule has 3 aromatic rings. The van der Waals surface area contributed by atoms with Gasteiger partial charge in [0.25, 0.3) is 5.91 Å². The Morgan fingerprint density at radius 2 is 1.70 bits per heavy atom. The van der Waals surface area contributed by atoms with E-state index in [0.29, 0.717) is 40.9 Å². The van der Waals surface area contributed by atoms with Crippen LogP contribution >= 0.6 is 0 Å². The average molecular weight is 511 g/mol. The number of nitrogens with one attached hydrogen (secondary N) is 1. The Balaban J connectivity index is 0.00000235. The second kappa shape index (κ2) is 13.7. The first kappa shape index (κ1) is 29.7. The molecule has 0 unspecified atom stereocenters. The highest BCUT2D eigenvalue weighted by Crippen LogP contribution is 2.33. The Labute approximate surface area is 221 Å². The Kier molecular flexibility index (Phi) is 11.0. The van der Waals surface area contributed by atoms with Gasteiger partial charge in [0.05, 0.1) is 32.2 Å². The van der Waals surface area contributed by atoms with Crippen LogP contribution in [0.2, 0.25) is 0 Å². The third kappa shape index (κ3) is 7.47. The van der Waals surface area contributed by atoms with Crippen LogP contribution in [-0.2, 0) is 5.41 Å². The molecule has 0 aliphatic rings. The fourth-order valence-electron chi connectivity index (χ4n) is 3.67. The number of ether oxygens (including phenoxy) is 3. The third-order valence-electron chi connectivity index (χ3n) is 5.82. The zero-order valence-corrected chi connectivity index (χ0v) is 23.8. The number of hydrogen-bond donors (Lipinski definition) is 1. The Hall–Kier alpha value is -3.55. The maximum Gasteiger partial charge on any atom is 0.278 e. The Morgan fingerprint density at radius 3 is 2.32 bits per heavy atom. The summed E-state index contributed by atoms with van der Waals surface area (Å²) < 4.78 is 18.4. The van der Waals surface area contributed by atoms with E-state index in [0.717, 1.165) is 24.8 Å². The van der Waals surface area contributed by atoms with Crippen molar-refractivity contribution in [2.75, 3.05) is 26.1 Å². The molecule has 1 N–H and O–H groups in total. The number of unbranched alkanes of at least 4 members (excludes halogenated alkanes) is 2. The monoisotopic (exact) mass is 510 g/mol. The zero-order valence-electron chi connectivity index (χ0n) is 23.8. The fraction of sp³-hybridized carbons (Fsp3) is 0.483. The molecular weight excluding hydrogens is 468 g/mol. The number of carbonyl (C=O) groups excluding carboxylic acids is 1. The van der Waals surface area contributed by atoms with Crippen molar-refractivity contribution in [3.63, 3.8) is 0 Å². The van der Waals surface area contributed by atoms with Gasteiger partial charge in [-0.3, -0.25) is 4.79 Å². The van der Waals surface area contributed by atoms with Crippen molar-refractivity contribution in [2.24, 2.45) is 0 Å². The summed E-state index contributed by atoms with van der Waals surface area (Å²) in [5.74, 6) is 1.51.